The van der Waals surface area contributed by atoms with Gasteiger partial charge in [-0.3, -0.25) is 4.90 Å². The van der Waals surface area contributed by atoms with Crippen molar-refractivity contribution in [2.75, 3.05) is 32.8 Å². The van der Waals surface area contributed by atoms with Crippen LogP contribution in [-0.4, -0.2) is 49.8 Å². The van der Waals surface area contributed by atoms with Crippen molar-refractivity contribution in [3.05, 3.63) is 0 Å². The lowest BCUT2D eigenvalue weighted by molar-refractivity contribution is 0.0128. The number of rotatable bonds is 1. The zero-order valence-corrected chi connectivity index (χ0v) is 8.46. The molecule has 76 valence electrons. The first-order chi connectivity index (χ1) is 6.38. The predicted molar refractivity (Wildman–Crippen MR) is 52.9 cm³/mol. The molecule has 2 fully saturated rings. The molecule has 0 spiro atoms. The molecule has 2 aliphatic rings. The molecule has 2 rings (SSSR count). The molecule has 1 unspecified atom stereocenters. The SMILES string of the molecule is CC1CNCCN1C1CCOCC1. The summed E-state index contributed by atoms with van der Waals surface area (Å²) in [6.07, 6.45) is 2.45. The van der Waals surface area contributed by atoms with Crippen molar-refractivity contribution in [3.8, 4) is 0 Å². The first-order valence-corrected chi connectivity index (χ1v) is 5.42. The van der Waals surface area contributed by atoms with Crippen molar-refractivity contribution in [3.63, 3.8) is 0 Å². The second-order valence-electron chi connectivity index (χ2n) is 4.13. The Hall–Kier alpha value is -0.120. The molecule has 13 heavy (non-hydrogen) atoms. The lowest BCUT2D eigenvalue weighted by Gasteiger charge is -2.41. The van der Waals surface area contributed by atoms with E-state index in [1.165, 1.54) is 19.4 Å². The zero-order chi connectivity index (χ0) is 9.10. The Balaban J connectivity index is 1.88. The molecule has 1 atom stereocenters. The van der Waals surface area contributed by atoms with Gasteiger partial charge in [0.2, 0.25) is 0 Å². The third kappa shape index (κ3) is 2.22. The van der Waals surface area contributed by atoms with Crippen LogP contribution in [0.1, 0.15) is 19.8 Å². The summed E-state index contributed by atoms with van der Waals surface area (Å²) in [5, 5.41) is 3.43. The summed E-state index contributed by atoms with van der Waals surface area (Å²) in [6, 6.07) is 1.49. The second kappa shape index (κ2) is 4.40. The Labute approximate surface area is 80.4 Å². The van der Waals surface area contributed by atoms with E-state index in [9.17, 15) is 0 Å². The molecule has 2 aliphatic heterocycles. The van der Waals surface area contributed by atoms with Crippen LogP contribution in [0.4, 0.5) is 0 Å². The first-order valence-electron chi connectivity index (χ1n) is 5.42. The molecule has 0 aromatic heterocycles. The minimum atomic E-state index is 0.705. The minimum absolute atomic E-state index is 0.705. The summed E-state index contributed by atoms with van der Waals surface area (Å²) in [5.41, 5.74) is 0. The summed E-state index contributed by atoms with van der Waals surface area (Å²) in [6.45, 7) is 7.76. The fourth-order valence-corrected chi connectivity index (χ4v) is 2.42. The van der Waals surface area contributed by atoms with Gasteiger partial charge in [0.1, 0.15) is 0 Å². The summed E-state index contributed by atoms with van der Waals surface area (Å²) in [7, 11) is 0. The fraction of sp³-hybridized carbons (Fsp3) is 1.00. The van der Waals surface area contributed by atoms with Crippen LogP contribution in [-0.2, 0) is 4.74 Å². The third-order valence-electron chi connectivity index (χ3n) is 3.21. The van der Waals surface area contributed by atoms with E-state index in [1.54, 1.807) is 0 Å². The van der Waals surface area contributed by atoms with Crippen molar-refractivity contribution in [2.24, 2.45) is 0 Å². The van der Waals surface area contributed by atoms with E-state index >= 15 is 0 Å². The highest BCUT2D eigenvalue weighted by Crippen LogP contribution is 2.17. The molecule has 0 aromatic carbocycles. The van der Waals surface area contributed by atoms with Gasteiger partial charge in [0.15, 0.2) is 0 Å². The maximum Gasteiger partial charge on any atom is 0.0480 e. The van der Waals surface area contributed by atoms with Gasteiger partial charge in [0, 0.05) is 44.9 Å². The van der Waals surface area contributed by atoms with E-state index in [0.717, 1.165) is 32.3 Å². The number of hydrogen-bond acceptors (Lipinski definition) is 3. The van der Waals surface area contributed by atoms with Crippen LogP contribution < -0.4 is 5.32 Å². The second-order valence-corrected chi connectivity index (χ2v) is 4.13. The molecule has 3 nitrogen and oxygen atoms in total. The van der Waals surface area contributed by atoms with Gasteiger partial charge in [-0.1, -0.05) is 0 Å². The van der Waals surface area contributed by atoms with Crippen molar-refractivity contribution in [1.82, 2.24) is 10.2 Å². The summed E-state index contributed by atoms with van der Waals surface area (Å²) in [4.78, 5) is 2.65. The number of nitrogens with one attached hydrogen (secondary N) is 1. The molecule has 0 aromatic rings. The molecule has 1 N–H and O–H groups in total. The minimum Gasteiger partial charge on any atom is -0.381 e. The average molecular weight is 184 g/mol. The lowest BCUT2D eigenvalue weighted by Crippen LogP contribution is -2.55. The zero-order valence-electron chi connectivity index (χ0n) is 8.46. The maximum absolute atomic E-state index is 5.38. The fourth-order valence-electron chi connectivity index (χ4n) is 2.42. The van der Waals surface area contributed by atoms with Crippen molar-refractivity contribution in [1.29, 1.82) is 0 Å². The van der Waals surface area contributed by atoms with Gasteiger partial charge in [0.05, 0.1) is 0 Å². The summed E-state index contributed by atoms with van der Waals surface area (Å²) >= 11 is 0. The quantitative estimate of drug-likeness (QED) is 0.641. The Morgan fingerprint density at radius 3 is 2.77 bits per heavy atom. The van der Waals surface area contributed by atoms with Crippen LogP contribution in [0.3, 0.4) is 0 Å². The third-order valence-corrected chi connectivity index (χ3v) is 3.21. The van der Waals surface area contributed by atoms with E-state index in [1.807, 2.05) is 0 Å². The Bertz CT molecular complexity index is 157. The van der Waals surface area contributed by atoms with Crippen LogP contribution in [0.15, 0.2) is 0 Å². The molecule has 2 heterocycles. The van der Waals surface area contributed by atoms with Crippen LogP contribution in [0, 0.1) is 0 Å². The van der Waals surface area contributed by atoms with Crippen LogP contribution in [0.5, 0.6) is 0 Å². The molecule has 0 bridgehead atoms. The van der Waals surface area contributed by atoms with E-state index in [2.05, 4.69) is 17.1 Å². The van der Waals surface area contributed by atoms with Crippen LogP contribution in [0.25, 0.3) is 0 Å². The molecular formula is C10H20N2O. The van der Waals surface area contributed by atoms with E-state index in [0.29, 0.717) is 6.04 Å². The van der Waals surface area contributed by atoms with Crippen molar-refractivity contribution in [2.45, 2.75) is 31.8 Å². The highest BCUT2D eigenvalue weighted by Gasteiger charge is 2.26. The smallest absolute Gasteiger partial charge is 0.0480 e. The van der Waals surface area contributed by atoms with E-state index in [4.69, 9.17) is 4.74 Å². The molecular weight excluding hydrogens is 164 g/mol. The topological polar surface area (TPSA) is 24.5 Å². The highest BCUT2D eigenvalue weighted by atomic mass is 16.5. The molecule has 0 radical (unpaired) electrons. The first kappa shape index (κ1) is 9.44. The lowest BCUT2D eigenvalue weighted by atomic mass is 10.0. The van der Waals surface area contributed by atoms with Crippen molar-refractivity contribution < 1.29 is 4.74 Å². The van der Waals surface area contributed by atoms with Gasteiger partial charge >= 0.3 is 0 Å². The van der Waals surface area contributed by atoms with E-state index < -0.39 is 0 Å². The Morgan fingerprint density at radius 1 is 1.31 bits per heavy atom. The summed E-state index contributed by atoms with van der Waals surface area (Å²) < 4.78 is 5.38. The Kier molecular flexibility index (Phi) is 3.19. The van der Waals surface area contributed by atoms with Gasteiger partial charge in [-0.05, 0) is 19.8 Å². The molecule has 3 heteroatoms. The van der Waals surface area contributed by atoms with Gasteiger partial charge in [-0.2, -0.15) is 0 Å². The monoisotopic (exact) mass is 184 g/mol. The van der Waals surface area contributed by atoms with Gasteiger partial charge in [0.25, 0.3) is 0 Å². The molecule has 0 amide bonds. The van der Waals surface area contributed by atoms with Crippen molar-refractivity contribution >= 4 is 0 Å². The van der Waals surface area contributed by atoms with Gasteiger partial charge in [-0.15, -0.1) is 0 Å². The Morgan fingerprint density at radius 2 is 2.08 bits per heavy atom. The number of ether oxygens (including phenoxy) is 1. The molecule has 2 saturated heterocycles. The standard InChI is InChI=1S/C10H20N2O/c1-9-8-11-4-5-12(9)10-2-6-13-7-3-10/h9-11H,2-8H2,1H3. The van der Waals surface area contributed by atoms with Crippen LogP contribution >= 0.6 is 0 Å². The largest absolute Gasteiger partial charge is 0.381 e. The van der Waals surface area contributed by atoms with E-state index in [-0.39, 0.29) is 0 Å². The highest BCUT2D eigenvalue weighted by molar-refractivity contribution is 4.83. The van der Waals surface area contributed by atoms with Gasteiger partial charge in [-0.25, -0.2) is 0 Å². The molecule has 0 aliphatic carbocycles. The normalized spacial score (nSPS) is 33.5. The maximum atomic E-state index is 5.38. The number of piperazine rings is 1. The summed E-state index contributed by atoms with van der Waals surface area (Å²) in [5.74, 6) is 0. The predicted octanol–water partition coefficient (Wildman–Crippen LogP) is 0.459. The van der Waals surface area contributed by atoms with Gasteiger partial charge < -0.3 is 10.1 Å². The number of hydrogen-bond donors (Lipinski definition) is 1. The molecule has 0 saturated carbocycles. The van der Waals surface area contributed by atoms with Crippen LogP contribution in [0.2, 0.25) is 0 Å². The number of nitrogens with zero attached hydrogens (tertiary/aromatic N) is 1. The average Bonchev–Trinajstić information content (AvgIpc) is 2.20.